The standard InChI is InChI=1S/C12H16N2O2/c1-7(13)9-4-5-11-10(6-9)14(3)12(15)8(2)16-11/h4-8H,13H2,1-3H3. The van der Waals surface area contributed by atoms with Gasteiger partial charge in [-0.25, -0.2) is 0 Å². The summed E-state index contributed by atoms with van der Waals surface area (Å²) in [6, 6.07) is 5.66. The van der Waals surface area contributed by atoms with Crippen molar-refractivity contribution in [1.82, 2.24) is 0 Å². The molecule has 0 aromatic heterocycles. The van der Waals surface area contributed by atoms with Crippen LogP contribution >= 0.6 is 0 Å². The summed E-state index contributed by atoms with van der Waals surface area (Å²) in [6.07, 6.45) is -0.418. The Morgan fingerprint density at radius 1 is 1.50 bits per heavy atom. The summed E-state index contributed by atoms with van der Waals surface area (Å²) in [4.78, 5) is 13.4. The number of amides is 1. The quantitative estimate of drug-likeness (QED) is 0.779. The molecule has 1 aliphatic heterocycles. The number of hydrogen-bond acceptors (Lipinski definition) is 3. The summed E-state index contributed by atoms with van der Waals surface area (Å²) in [5.41, 5.74) is 7.60. The Labute approximate surface area is 95.0 Å². The van der Waals surface area contributed by atoms with Crippen LogP contribution in [0.1, 0.15) is 25.5 Å². The second-order valence-corrected chi connectivity index (χ2v) is 4.17. The Morgan fingerprint density at radius 3 is 2.81 bits per heavy atom. The van der Waals surface area contributed by atoms with Gasteiger partial charge in [-0.2, -0.15) is 0 Å². The Kier molecular flexibility index (Phi) is 2.59. The molecule has 2 N–H and O–H groups in total. The van der Waals surface area contributed by atoms with Crippen LogP contribution in [0.15, 0.2) is 18.2 Å². The lowest BCUT2D eigenvalue weighted by molar-refractivity contribution is -0.125. The molecule has 0 aliphatic carbocycles. The molecule has 0 radical (unpaired) electrons. The van der Waals surface area contributed by atoms with Gasteiger partial charge in [-0.3, -0.25) is 4.79 Å². The van der Waals surface area contributed by atoms with E-state index in [1.54, 1.807) is 18.9 Å². The number of fused-ring (bicyclic) bond motifs is 1. The van der Waals surface area contributed by atoms with E-state index in [0.29, 0.717) is 0 Å². The van der Waals surface area contributed by atoms with Crippen LogP contribution in [0.4, 0.5) is 5.69 Å². The van der Waals surface area contributed by atoms with Crippen molar-refractivity contribution in [3.8, 4) is 5.75 Å². The number of likely N-dealkylation sites (N-methyl/N-ethyl adjacent to an activating group) is 1. The zero-order valence-electron chi connectivity index (χ0n) is 9.73. The van der Waals surface area contributed by atoms with Gasteiger partial charge in [0.2, 0.25) is 0 Å². The van der Waals surface area contributed by atoms with Crippen molar-refractivity contribution in [2.75, 3.05) is 11.9 Å². The fourth-order valence-electron chi connectivity index (χ4n) is 1.81. The Hall–Kier alpha value is -1.55. The van der Waals surface area contributed by atoms with Gasteiger partial charge in [-0.15, -0.1) is 0 Å². The topological polar surface area (TPSA) is 55.6 Å². The minimum absolute atomic E-state index is 0.0330. The lowest BCUT2D eigenvalue weighted by atomic mass is 10.1. The highest BCUT2D eigenvalue weighted by Gasteiger charge is 2.28. The number of ether oxygens (including phenoxy) is 1. The second-order valence-electron chi connectivity index (χ2n) is 4.17. The predicted molar refractivity (Wildman–Crippen MR) is 62.5 cm³/mol. The van der Waals surface area contributed by atoms with Gasteiger partial charge >= 0.3 is 0 Å². The molecule has 1 heterocycles. The van der Waals surface area contributed by atoms with Gasteiger partial charge < -0.3 is 15.4 Å². The lowest BCUT2D eigenvalue weighted by Gasteiger charge is -2.30. The van der Waals surface area contributed by atoms with E-state index < -0.39 is 6.10 Å². The molecule has 86 valence electrons. The van der Waals surface area contributed by atoms with Crippen LogP contribution in [0.5, 0.6) is 5.75 Å². The first-order valence-corrected chi connectivity index (χ1v) is 5.34. The van der Waals surface area contributed by atoms with Crippen molar-refractivity contribution in [3.63, 3.8) is 0 Å². The van der Waals surface area contributed by atoms with E-state index in [1.165, 1.54) is 0 Å². The lowest BCUT2D eigenvalue weighted by Crippen LogP contribution is -2.42. The third-order valence-electron chi connectivity index (χ3n) is 2.85. The molecule has 0 bridgehead atoms. The number of nitrogens with two attached hydrogens (primary N) is 1. The molecule has 0 spiro atoms. The highest BCUT2D eigenvalue weighted by atomic mass is 16.5. The van der Waals surface area contributed by atoms with Crippen molar-refractivity contribution in [2.24, 2.45) is 5.73 Å². The van der Waals surface area contributed by atoms with E-state index in [1.807, 2.05) is 25.1 Å². The summed E-state index contributed by atoms with van der Waals surface area (Å²) < 4.78 is 5.52. The second kappa shape index (κ2) is 3.79. The molecule has 2 atom stereocenters. The minimum Gasteiger partial charge on any atom is -0.479 e. The number of carbonyl (C=O) groups excluding carboxylic acids is 1. The van der Waals surface area contributed by atoms with E-state index in [9.17, 15) is 4.79 Å². The molecule has 1 aromatic rings. The van der Waals surface area contributed by atoms with Crippen LogP contribution in [0.2, 0.25) is 0 Å². The van der Waals surface area contributed by atoms with Gasteiger partial charge in [0.25, 0.3) is 5.91 Å². The molecule has 1 amide bonds. The zero-order valence-corrected chi connectivity index (χ0v) is 9.73. The first kappa shape index (κ1) is 11.0. The molecular weight excluding hydrogens is 204 g/mol. The molecule has 16 heavy (non-hydrogen) atoms. The van der Waals surface area contributed by atoms with Crippen molar-refractivity contribution < 1.29 is 9.53 Å². The summed E-state index contributed by atoms with van der Waals surface area (Å²) in [5, 5.41) is 0. The van der Waals surface area contributed by atoms with E-state index in [-0.39, 0.29) is 11.9 Å². The summed E-state index contributed by atoms with van der Waals surface area (Å²) in [5.74, 6) is 0.702. The molecular formula is C12H16N2O2. The zero-order chi connectivity index (χ0) is 11.9. The number of anilines is 1. The minimum atomic E-state index is -0.418. The fraction of sp³-hybridized carbons (Fsp3) is 0.417. The maximum absolute atomic E-state index is 11.7. The van der Waals surface area contributed by atoms with Crippen LogP contribution in [0.25, 0.3) is 0 Å². The number of rotatable bonds is 1. The third-order valence-corrected chi connectivity index (χ3v) is 2.85. The van der Waals surface area contributed by atoms with Gasteiger partial charge in [-0.1, -0.05) is 6.07 Å². The molecule has 1 aliphatic rings. The van der Waals surface area contributed by atoms with Crippen molar-refractivity contribution in [3.05, 3.63) is 23.8 Å². The molecule has 2 unspecified atom stereocenters. The number of nitrogens with zero attached hydrogens (tertiary/aromatic N) is 1. The largest absolute Gasteiger partial charge is 0.479 e. The van der Waals surface area contributed by atoms with Gasteiger partial charge in [0.1, 0.15) is 5.75 Å². The van der Waals surface area contributed by atoms with Crippen LogP contribution < -0.4 is 15.4 Å². The molecule has 4 heteroatoms. The van der Waals surface area contributed by atoms with Gasteiger partial charge in [-0.05, 0) is 31.5 Å². The summed E-state index contributed by atoms with van der Waals surface area (Å²) in [6.45, 7) is 3.66. The maximum atomic E-state index is 11.7. The Morgan fingerprint density at radius 2 is 2.19 bits per heavy atom. The molecule has 1 aromatic carbocycles. The van der Waals surface area contributed by atoms with E-state index >= 15 is 0 Å². The highest BCUT2D eigenvalue weighted by Crippen LogP contribution is 2.34. The van der Waals surface area contributed by atoms with Crippen molar-refractivity contribution >= 4 is 11.6 Å². The summed E-state index contributed by atoms with van der Waals surface area (Å²) >= 11 is 0. The van der Waals surface area contributed by atoms with Crippen LogP contribution in [0, 0.1) is 0 Å². The average Bonchev–Trinajstić information content (AvgIpc) is 2.25. The van der Waals surface area contributed by atoms with Crippen molar-refractivity contribution in [1.29, 1.82) is 0 Å². The molecule has 0 fully saturated rings. The monoisotopic (exact) mass is 220 g/mol. The van der Waals surface area contributed by atoms with Gasteiger partial charge in [0.15, 0.2) is 6.10 Å². The molecule has 4 nitrogen and oxygen atoms in total. The van der Waals surface area contributed by atoms with Gasteiger partial charge in [0.05, 0.1) is 5.69 Å². The van der Waals surface area contributed by atoms with Crippen LogP contribution in [-0.4, -0.2) is 19.1 Å². The first-order chi connectivity index (χ1) is 7.50. The number of hydrogen-bond donors (Lipinski definition) is 1. The fourth-order valence-corrected chi connectivity index (χ4v) is 1.81. The average molecular weight is 220 g/mol. The highest BCUT2D eigenvalue weighted by molar-refractivity contribution is 5.99. The third kappa shape index (κ3) is 1.65. The van der Waals surface area contributed by atoms with Crippen molar-refractivity contribution in [2.45, 2.75) is 26.0 Å². The first-order valence-electron chi connectivity index (χ1n) is 5.34. The van der Waals surface area contributed by atoms with Crippen LogP contribution in [0.3, 0.4) is 0 Å². The Bertz CT molecular complexity index is 429. The SMILES string of the molecule is CC1Oc2ccc(C(C)N)cc2N(C)C1=O. The number of benzene rings is 1. The molecule has 2 rings (SSSR count). The maximum Gasteiger partial charge on any atom is 0.267 e. The van der Waals surface area contributed by atoms with Crippen LogP contribution in [-0.2, 0) is 4.79 Å². The Balaban J connectivity index is 2.46. The van der Waals surface area contributed by atoms with Gasteiger partial charge in [0, 0.05) is 13.1 Å². The molecule has 0 saturated carbocycles. The molecule has 0 saturated heterocycles. The van der Waals surface area contributed by atoms with E-state index in [2.05, 4.69) is 0 Å². The van der Waals surface area contributed by atoms with E-state index in [0.717, 1.165) is 17.0 Å². The van der Waals surface area contributed by atoms with E-state index in [4.69, 9.17) is 10.5 Å². The normalized spacial score (nSPS) is 21.4. The smallest absolute Gasteiger partial charge is 0.267 e. The summed E-state index contributed by atoms with van der Waals surface area (Å²) in [7, 11) is 1.76. The predicted octanol–water partition coefficient (Wildman–Crippen LogP) is 1.45. The number of carbonyl (C=O) groups is 1.